The van der Waals surface area contributed by atoms with Gasteiger partial charge >= 0.3 is 0 Å². The van der Waals surface area contributed by atoms with Gasteiger partial charge in [0.1, 0.15) is 11.6 Å². The van der Waals surface area contributed by atoms with E-state index in [-0.39, 0.29) is 0 Å². The highest BCUT2D eigenvalue weighted by atomic mass is 79.9. The molecule has 0 radical (unpaired) electrons. The summed E-state index contributed by atoms with van der Waals surface area (Å²) in [6.45, 7) is 2.80. The fraction of sp³-hybridized carbons (Fsp3) is 0.0968. The third-order valence-corrected chi connectivity index (χ3v) is 6.53. The molecule has 0 spiro atoms. The van der Waals surface area contributed by atoms with E-state index >= 15 is 0 Å². The van der Waals surface area contributed by atoms with Crippen LogP contribution in [-0.4, -0.2) is 17.1 Å². The summed E-state index contributed by atoms with van der Waals surface area (Å²) < 4.78 is 6.23. The van der Waals surface area contributed by atoms with Crippen molar-refractivity contribution in [3.05, 3.63) is 118 Å². The average molecular weight is 536 g/mol. The molecule has 36 heavy (non-hydrogen) atoms. The number of nitrogens with one attached hydrogen (secondary N) is 1. The zero-order valence-corrected chi connectivity index (χ0v) is 21.8. The Balaban J connectivity index is 1.52. The second-order valence-corrected chi connectivity index (χ2v) is 9.54. The minimum absolute atomic E-state index is 0.656. The van der Waals surface area contributed by atoms with Crippen LogP contribution in [0, 0.1) is 6.92 Å². The fourth-order valence-corrected chi connectivity index (χ4v) is 4.54. The second kappa shape index (κ2) is 10.8. The monoisotopic (exact) mass is 535 g/mol. The first-order chi connectivity index (χ1) is 17.6. The first kappa shape index (κ1) is 23.8. The lowest BCUT2D eigenvalue weighted by Crippen LogP contribution is -2.03. The molecule has 0 aliphatic carbocycles. The van der Waals surface area contributed by atoms with Crippen molar-refractivity contribution < 1.29 is 4.74 Å². The number of rotatable bonds is 7. The van der Waals surface area contributed by atoms with E-state index in [1.807, 2.05) is 24.4 Å². The lowest BCUT2D eigenvalue weighted by atomic mass is 9.98. The van der Waals surface area contributed by atoms with E-state index < -0.39 is 0 Å². The van der Waals surface area contributed by atoms with Gasteiger partial charge in [-0.15, -0.1) is 0 Å². The van der Waals surface area contributed by atoms with Crippen LogP contribution in [0.3, 0.4) is 0 Å². The molecule has 1 N–H and O–H groups in total. The minimum Gasteiger partial charge on any atom is -0.497 e. The number of hydrogen-bond donors (Lipinski definition) is 1. The van der Waals surface area contributed by atoms with Crippen molar-refractivity contribution in [2.45, 2.75) is 13.5 Å². The van der Waals surface area contributed by atoms with Crippen LogP contribution in [0.2, 0.25) is 0 Å². The highest BCUT2D eigenvalue weighted by Gasteiger charge is 2.09. The van der Waals surface area contributed by atoms with Gasteiger partial charge in [-0.25, -0.2) is 4.98 Å². The van der Waals surface area contributed by atoms with Gasteiger partial charge in [0, 0.05) is 34.4 Å². The molecule has 2 aromatic heterocycles. The molecule has 0 aliphatic heterocycles. The summed E-state index contributed by atoms with van der Waals surface area (Å²) in [5, 5.41) is 4.63. The largest absolute Gasteiger partial charge is 0.497 e. The van der Waals surface area contributed by atoms with Crippen LogP contribution in [0.5, 0.6) is 5.75 Å². The molecule has 0 unspecified atom stereocenters. The van der Waals surface area contributed by atoms with Crippen LogP contribution in [0.15, 0.2) is 95.7 Å². The lowest BCUT2D eigenvalue weighted by Gasteiger charge is -2.13. The van der Waals surface area contributed by atoms with Crippen LogP contribution in [0.1, 0.15) is 22.3 Å². The molecule has 0 amide bonds. The van der Waals surface area contributed by atoms with Gasteiger partial charge in [0.2, 0.25) is 0 Å². The molecule has 4 nitrogen and oxygen atoms in total. The van der Waals surface area contributed by atoms with E-state index in [2.05, 4.69) is 106 Å². The summed E-state index contributed by atoms with van der Waals surface area (Å²) in [7, 11) is 1.68. The maximum atomic E-state index is 5.28. The topological polar surface area (TPSA) is 47.0 Å². The standard InChI is InChI=1S/C31H26BrN3O/c1-21-5-3-4-6-29(21)24-11-14-30-26(16-24)17-25(10-7-23-15-27(32)20-33-18-23)31(35-30)34-19-22-8-12-28(36-2)13-9-22/h3-18,20H,19H2,1-2H3,(H,34,35)/b10-7+. The number of methoxy groups -OCH3 is 1. The molecule has 5 rings (SSSR count). The smallest absolute Gasteiger partial charge is 0.134 e. The molecule has 0 fully saturated rings. The molecule has 0 aliphatic rings. The first-order valence-electron chi connectivity index (χ1n) is 11.8. The van der Waals surface area contributed by atoms with Crippen molar-refractivity contribution >= 4 is 44.8 Å². The van der Waals surface area contributed by atoms with E-state index in [1.165, 1.54) is 16.7 Å². The van der Waals surface area contributed by atoms with Crippen LogP contribution in [-0.2, 0) is 6.54 Å². The zero-order valence-electron chi connectivity index (χ0n) is 20.2. The SMILES string of the molecule is COc1ccc(CNc2nc3ccc(-c4ccccc4C)cc3cc2/C=C/c2cncc(Br)c2)cc1. The lowest BCUT2D eigenvalue weighted by molar-refractivity contribution is 0.414. The van der Waals surface area contributed by atoms with Crippen LogP contribution >= 0.6 is 15.9 Å². The summed E-state index contributed by atoms with van der Waals surface area (Å²) in [6, 6.07) is 27.2. The van der Waals surface area contributed by atoms with E-state index in [1.54, 1.807) is 13.3 Å². The maximum absolute atomic E-state index is 5.28. The van der Waals surface area contributed by atoms with Gasteiger partial charge in [-0.1, -0.05) is 54.6 Å². The number of aryl methyl sites for hydroxylation is 1. The highest BCUT2D eigenvalue weighted by molar-refractivity contribution is 9.10. The van der Waals surface area contributed by atoms with Crippen LogP contribution < -0.4 is 10.1 Å². The summed E-state index contributed by atoms with van der Waals surface area (Å²) in [6.07, 6.45) is 7.78. The molecule has 178 valence electrons. The molecule has 0 saturated carbocycles. The Morgan fingerprint density at radius 2 is 1.75 bits per heavy atom. The number of ether oxygens (including phenoxy) is 1. The van der Waals surface area contributed by atoms with Crippen molar-refractivity contribution in [1.82, 2.24) is 9.97 Å². The second-order valence-electron chi connectivity index (χ2n) is 8.62. The zero-order chi connectivity index (χ0) is 24.9. The van der Waals surface area contributed by atoms with Gasteiger partial charge in [-0.05, 0) is 87.1 Å². The number of anilines is 1. The van der Waals surface area contributed by atoms with Crippen LogP contribution in [0.25, 0.3) is 34.2 Å². The predicted octanol–water partition coefficient (Wildman–Crippen LogP) is 8.16. The molecule has 0 saturated heterocycles. The average Bonchev–Trinajstić information content (AvgIpc) is 2.91. The first-order valence-corrected chi connectivity index (χ1v) is 12.5. The van der Waals surface area contributed by atoms with Gasteiger partial charge < -0.3 is 10.1 Å². The molecule has 5 heteroatoms. The Morgan fingerprint density at radius 3 is 2.53 bits per heavy atom. The summed E-state index contributed by atoms with van der Waals surface area (Å²) in [5.41, 5.74) is 7.80. The maximum Gasteiger partial charge on any atom is 0.134 e. The molecular weight excluding hydrogens is 510 g/mol. The van der Waals surface area contributed by atoms with E-state index in [4.69, 9.17) is 9.72 Å². The molecule has 0 bridgehead atoms. The van der Waals surface area contributed by atoms with Gasteiger partial charge in [0.25, 0.3) is 0 Å². The van der Waals surface area contributed by atoms with Gasteiger partial charge in [-0.2, -0.15) is 0 Å². The molecule has 2 heterocycles. The number of halogens is 1. The quantitative estimate of drug-likeness (QED) is 0.228. The normalized spacial score (nSPS) is 11.2. The van der Waals surface area contributed by atoms with Gasteiger partial charge in [-0.3, -0.25) is 4.98 Å². The summed E-state index contributed by atoms with van der Waals surface area (Å²) >= 11 is 3.50. The summed E-state index contributed by atoms with van der Waals surface area (Å²) in [5.74, 6) is 1.68. The van der Waals surface area contributed by atoms with Crippen molar-refractivity contribution in [3.63, 3.8) is 0 Å². The minimum atomic E-state index is 0.656. The Bertz CT molecular complexity index is 1540. The number of pyridine rings is 2. The van der Waals surface area contributed by atoms with E-state index in [0.29, 0.717) is 6.54 Å². The number of hydrogen-bond acceptors (Lipinski definition) is 4. The molecule has 0 atom stereocenters. The molecule has 5 aromatic rings. The molecule has 3 aromatic carbocycles. The fourth-order valence-electron chi connectivity index (χ4n) is 4.16. The van der Waals surface area contributed by atoms with Gasteiger partial charge in [0.15, 0.2) is 0 Å². The molecular formula is C31H26BrN3O. The summed E-state index contributed by atoms with van der Waals surface area (Å²) in [4.78, 5) is 9.27. The Morgan fingerprint density at radius 1 is 0.917 bits per heavy atom. The van der Waals surface area contributed by atoms with Crippen molar-refractivity contribution in [2.24, 2.45) is 0 Å². The highest BCUT2D eigenvalue weighted by Crippen LogP contribution is 2.29. The number of aromatic nitrogens is 2. The number of fused-ring (bicyclic) bond motifs is 1. The van der Waals surface area contributed by atoms with Crippen molar-refractivity contribution in [2.75, 3.05) is 12.4 Å². The Hall–Kier alpha value is -3.96. The van der Waals surface area contributed by atoms with Crippen molar-refractivity contribution in [1.29, 1.82) is 0 Å². The predicted molar refractivity (Wildman–Crippen MR) is 153 cm³/mol. The number of nitrogens with zero attached hydrogens (tertiary/aromatic N) is 2. The third-order valence-electron chi connectivity index (χ3n) is 6.10. The third kappa shape index (κ3) is 5.47. The van der Waals surface area contributed by atoms with E-state index in [9.17, 15) is 0 Å². The van der Waals surface area contributed by atoms with Crippen LogP contribution in [0.4, 0.5) is 5.82 Å². The van der Waals surface area contributed by atoms with E-state index in [0.717, 1.165) is 43.6 Å². The number of benzene rings is 3. The Kier molecular flexibility index (Phi) is 7.10. The van der Waals surface area contributed by atoms with Gasteiger partial charge in [0.05, 0.1) is 12.6 Å². The van der Waals surface area contributed by atoms with Crippen molar-refractivity contribution in [3.8, 4) is 16.9 Å². The Labute approximate surface area is 219 Å².